The molecule has 0 aromatic carbocycles. The molecule has 4 rings (SSSR count). The summed E-state index contributed by atoms with van der Waals surface area (Å²) in [6.45, 7) is 13.5. The van der Waals surface area contributed by atoms with E-state index in [-0.39, 0.29) is 24.2 Å². The number of hydrogen-bond donors (Lipinski definition) is 0. The van der Waals surface area contributed by atoms with Crippen LogP contribution in [-0.4, -0.2) is 88.5 Å². The number of fused-ring (bicyclic) bond motifs is 1. The van der Waals surface area contributed by atoms with E-state index in [9.17, 15) is 4.79 Å². The molecule has 2 aromatic rings. The Labute approximate surface area is 209 Å². The van der Waals surface area contributed by atoms with Gasteiger partial charge in [-0.2, -0.15) is 14.6 Å². The molecule has 0 saturated carbocycles. The lowest BCUT2D eigenvalue weighted by atomic mass is 10.1. The van der Waals surface area contributed by atoms with E-state index in [2.05, 4.69) is 42.8 Å². The van der Waals surface area contributed by atoms with Crippen LogP contribution in [0.5, 0.6) is 5.88 Å². The average Bonchev–Trinajstić information content (AvgIpc) is 3.38. The van der Waals surface area contributed by atoms with E-state index < -0.39 is 5.60 Å². The molecule has 2 fully saturated rings. The van der Waals surface area contributed by atoms with Gasteiger partial charge in [0.2, 0.25) is 5.88 Å². The predicted molar refractivity (Wildman–Crippen MR) is 137 cm³/mol. The molecule has 4 heterocycles. The Kier molecular flexibility index (Phi) is 7.57. The summed E-state index contributed by atoms with van der Waals surface area (Å²) in [5.41, 5.74) is 1.15. The molecule has 2 saturated heterocycles. The third kappa shape index (κ3) is 6.06. The number of likely N-dealkylation sites (tertiary alicyclic amines) is 2. The van der Waals surface area contributed by atoms with Gasteiger partial charge in [-0.3, -0.25) is 4.90 Å². The lowest BCUT2D eigenvalue weighted by molar-refractivity contribution is 0.0570. The van der Waals surface area contributed by atoms with E-state index >= 15 is 0 Å². The standard InChI is InChI=1S/C26H42N6O3/c1-18(2)21-16-27-32-23(15-22(28-24(21)32)34-20-10-13-29(6)14-11-20)31(25(33)35-26(3,4)5)17-19-9-8-12-30(19)7/h15-16,18-20H,8-14,17H2,1-7H3. The van der Waals surface area contributed by atoms with Crippen LogP contribution in [0.3, 0.4) is 0 Å². The molecular weight excluding hydrogens is 444 g/mol. The Balaban J connectivity index is 1.76. The van der Waals surface area contributed by atoms with Crippen molar-refractivity contribution in [2.45, 2.75) is 84.0 Å². The summed E-state index contributed by atoms with van der Waals surface area (Å²) in [6, 6.07) is 2.12. The molecule has 2 aliphatic rings. The van der Waals surface area contributed by atoms with Crippen LogP contribution in [0.15, 0.2) is 12.3 Å². The topological polar surface area (TPSA) is 75.4 Å². The number of hydrogen-bond acceptors (Lipinski definition) is 7. The fraction of sp³-hybridized carbons (Fsp3) is 0.731. The SMILES string of the molecule is CC(C)c1cnn2c(N(CC3CCCN3C)C(=O)OC(C)(C)C)cc(OC3CCN(C)CC3)nc12. The van der Waals surface area contributed by atoms with Gasteiger partial charge < -0.3 is 19.3 Å². The quantitative estimate of drug-likeness (QED) is 0.607. The number of carbonyl (C=O) groups excluding carboxylic acids is 1. The molecule has 0 aliphatic carbocycles. The number of aromatic nitrogens is 3. The fourth-order valence-corrected chi connectivity index (χ4v) is 4.88. The smallest absolute Gasteiger partial charge is 0.416 e. The number of piperidine rings is 1. The molecule has 2 aromatic heterocycles. The Hall–Kier alpha value is -2.39. The monoisotopic (exact) mass is 486 g/mol. The maximum absolute atomic E-state index is 13.6. The number of nitrogens with zero attached hydrogens (tertiary/aromatic N) is 6. The minimum Gasteiger partial charge on any atom is -0.474 e. The van der Waals surface area contributed by atoms with Crippen molar-refractivity contribution < 1.29 is 14.3 Å². The second-order valence-electron chi connectivity index (χ2n) is 11.4. The molecular formula is C26H42N6O3. The Bertz CT molecular complexity index is 1020. The van der Waals surface area contributed by atoms with Crippen molar-refractivity contribution in [2.24, 2.45) is 0 Å². The van der Waals surface area contributed by atoms with Crippen molar-refractivity contribution in [1.29, 1.82) is 0 Å². The summed E-state index contributed by atoms with van der Waals surface area (Å²) in [6.07, 6.45) is 5.66. The van der Waals surface area contributed by atoms with Gasteiger partial charge in [-0.25, -0.2) is 4.79 Å². The van der Waals surface area contributed by atoms with Gasteiger partial charge in [0.25, 0.3) is 0 Å². The van der Waals surface area contributed by atoms with Crippen LogP contribution in [0.25, 0.3) is 5.65 Å². The molecule has 0 radical (unpaired) electrons. The van der Waals surface area contributed by atoms with Gasteiger partial charge in [0.1, 0.15) is 17.5 Å². The highest BCUT2D eigenvalue weighted by Gasteiger charge is 2.32. The Morgan fingerprint density at radius 1 is 1.17 bits per heavy atom. The highest BCUT2D eigenvalue weighted by atomic mass is 16.6. The highest BCUT2D eigenvalue weighted by molar-refractivity contribution is 5.87. The van der Waals surface area contributed by atoms with Crippen molar-refractivity contribution in [3.63, 3.8) is 0 Å². The number of likely N-dealkylation sites (N-methyl/N-ethyl adjacent to an activating group) is 1. The zero-order valence-corrected chi connectivity index (χ0v) is 22.5. The molecule has 1 amide bonds. The van der Waals surface area contributed by atoms with Crippen molar-refractivity contribution >= 4 is 17.6 Å². The van der Waals surface area contributed by atoms with Crippen molar-refractivity contribution in [2.75, 3.05) is 45.2 Å². The number of anilines is 1. The van der Waals surface area contributed by atoms with Gasteiger partial charge in [-0.15, -0.1) is 0 Å². The van der Waals surface area contributed by atoms with Crippen LogP contribution in [0, 0.1) is 0 Å². The first-order chi connectivity index (χ1) is 16.5. The Morgan fingerprint density at radius 3 is 2.49 bits per heavy atom. The first kappa shape index (κ1) is 25.7. The van der Waals surface area contributed by atoms with Crippen LogP contribution in [0.2, 0.25) is 0 Å². The van der Waals surface area contributed by atoms with Gasteiger partial charge >= 0.3 is 6.09 Å². The second-order valence-corrected chi connectivity index (χ2v) is 11.4. The summed E-state index contributed by atoms with van der Waals surface area (Å²) in [7, 11) is 4.26. The molecule has 1 unspecified atom stereocenters. The Morgan fingerprint density at radius 2 is 1.89 bits per heavy atom. The summed E-state index contributed by atoms with van der Waals surface area (Å²) >= 11 is 0. The number of rotatable bonds is 6. The highest BCUT2D eigenvalue weighted by Crippen LogP contribution is 2.30. The number of carbonyl (C=O) groups is 1. The van der Waals surface area contributed by atoms with Gasteiger partial charge in [-0.1, -0.05) is 13.8 Å². The molecule has 0 spiro atoms. The van der Waals surface area contributed by atoms with E-state index in [0.29, 0.717) is 18.2 Å². The minimum atomic E-state index is -0.607. The van der Waals surface area contributed by atoms with Crippen LogP contribution < -0.4 is 9.64 Å². The van der Waals surface area contributed by atoms with Gasteiger partial charge in [-0.05, 0) is 73.0 Å². The van der Waals surface area contributed by atoms with Gasteiger partial charge in [0, 0.05) is 37.3 Å². The van der Waals surface area contributed by atoms with Crippen molar-refractivity contribution in [1.82, 2.24) is 24.4 Å². The number of amides is 1. The normalized spacial score (nSPS) is 20.6. The second kappa shape index (κ2) is 10.3. The fourth-order valence-electron chi connectivity index (χ4n) is 4.88. The molecule has 35 heavy (non-hydrogen) atoms. The summed E-state index contributed by atoms with van der Waals surface area (Å²) in [5, 5.41) is 4.66. The molecule has 1 atom stereocenters. The molecule has 0 bridgehead atoms. The largest absolute Gasteiger partial charge is 0.474 e. The maximum Gasteiger partial charge on any atom is 0.416 e. The van der Waals surface area contributed by atoms with Crippen LogP contribution in [0.4, 0.5) is 10.6 Å². The van der Waals surface area contributed by atoms with Crippen LogP contribution in [0.1, 0.15) is 71.8 Å². The molecule has 9 heteroatoms. The lowest BCUT2D eigenvalue weighted by Crippen LogP contribution is -2.45. The van der Waals surface area contributed by atoms with Gasteiger partial charge in [0.15, 0.2) is 5.65 Å². The average molecular weight is 487 g/mol. The minimum absolute atomic E-state index is 0.107. The summed E-state index contributed by atoms with van der Waals surface area (Å²) in [4.78, 5) is 24.8. The third-order valence-electron chi connectivity index (χ3n) is 6.99. The zero-order valence-electron chi connectivity index (χ0n) is 22.5. The van der Waals surface area contributed by atoms with Crippen molar-refractivity contribution in [3.8, 4) is 5.88 Å². The van der Waals surface area contributed by atoms with E-state index in [1.165, 1.54) is 0 Å². The van der Waals surface area contributed by atoms with Crippen molar-refractivity contribution in [3.05, 3.63) is 17.8 Å². The van der Waals surface area contributed by atoms with Crippen LogP contribution >= 0.6 is 0 Å². The molecule has 2 aliphatic heterocycles. The van der Waals surface area contributed by atoms with Crippen LogP contribution in [-0.2, 0) is 4.74 Å². The summed E-state index contributed by atoms with van der Waals surface area (Å²) in [5.74, 6) is 1.42. The first-order valence-corrected chi connectivity index (χ1v) is 13.0. The van der Waals surface area contributed by atoms with E-state index in [4.69, 9.17) is 14.5 Å². The predicted octanol–water partition coefficient (Wildman–Crippen LogP) is 4.16. The van der Waals surface area contributed by atoms with E-state index in [0.717, 1.165) is 56.5 Å². The number of ether oxygens (including phenoxy) is 2. The third-order valence-corrected chi connectivity index (χ3v) is 6.99. The van der Waals surface area contributed by atoms with E-state index in [1.54, 1.807) is 9.42 Å². The molecule has 9 nitrogen and oxygen atoms in total. The molecule has 0 N–H and O–H groups in total. The van der Waals surface area contributed by atoms with Gasteiger partial charge in [0.05, 0.1) is 6.20 Å². The maximum atomic E-state index is 13.6. The molecule has 194 valence electrons. The zero-order chi connectivity index (χ0) is 25.3. The van der Waals surface area contributed by atoms with E-state index in [1.807, 2.05) is 33.0 Å². The first-order valence-electron chi connectivity index (χ1n) is 13.0. The lowest BCUT2D eigenvalue weighted by Gasteiger charge is -2.32. The summed E-state index contributed by atoms with van der Waals surface area (Å²) < 4.78 is 14.0.